The Hall–Kier alpha value is -2.12. The highest BCUT2D eigenvalue weighted by molar-refractivity contribution is 5.85. The van der Waals surface area contributed by atoms with Crippen LogP contribution in [-0.4, -0.2) is 48.3 Å². The van der Waals surface area contributed by atoms with Crippen molar-refractivity contribution < 1.29 is 38.9 Å². The number of rotatable bonds is 6. The zero-order valence-corrected chi connectivity index (χ0v) is 11.1. The van der Waals surface area contributed by atoms with Crippen molar-refractivity contribution in [3.63, 3.8) is 0 Å². The van der Waals surface area contributed by atoms with Crippen LogP contribution in [0.2, 0.25) is 0 Å². The maximum atomic E-state index is 11.3. The molecular weight excluding hydrogens is 272 g/mol. The number of carbonyl (C=O) groups excluding carboxylic acids is 2. The van der Waals surface area contributed by atoms with Crippen LogP contribution in [0.4, 0.5) is 0 Å². The predicted octanol–water partition coefficient (Wildman–Crippen LogP) is -0.240. The summed E-state index contributed by atoms with van der Waals surface area (Å²) in [5.41, 5.74) is 0. The summed E-state index contributed by atoms with van der Waals surface area (Å²) in [6.45, 7) is 0. The highest BCUT2D eigenvalue weighted by Gasteiger charge is 2.58. The predicted molar refractivity (Wildman–Crippen MR) is 62.5 cm³/mol. The largest absolute Gasteiger partial charge is 0.481 e. The number of ether oxygens (including phenoxy) is 2. The monoisotopic (exact) mass is 288 g/mol. The second kappa shape index (κ2) is 6.36. The van der Waals surface area contributed by atoms with Gasteiger partial charge in [0.25, 0.3) is 0 Å². The number of hydrogen-bond acceptors (Lipinski definition) is 6. The fourth-order valence-electron chi connectivity index (χ4n) is 2.70. The fourth-order valence-corrected chi connectivity index (χ4v) is 2.70. The zero-order chi connectivity index (χ0) is 15.4. The molecule has 1 rings (SSSR count). The molecule has 0 aromatic rings. The van der Waals surface area contributed by atoms with Crippen molar-refractivity contribution in [3.05, 3.63) is 0 Å². The van der Waals surface area contributed by atoms with Crippen molar-refractivity contribution in [1.82, 2.24) is 0 Å². The van der Waals surface area contributed by atoms with Crippen LogP contribution in [0.1, 0.15) is 12.8 Å². The third-order valence-corrected chi connectivity index (χ3v) is 3.69. The van der Waals surface area contributed by atoms with Gasteiger partial charge in [-0.25, -0.2) is 0 Å². The van der Waals surface area contributed by atoms with Crippen molar-refractivity contribution in [1.29, 1.82) is 0 Å². The number of hydrogen-bond donors (Lipinski definition) is 2. The molecule has 0 radical (unpaired) electrons. The van der Waals surface area contributed by atoms with E-state index in [0.717, 1.165) is 14.2 Å². The minimum Gasteiger partial charge on any atom is -0.481 e. The van der Waals surface area contributed by atoms with Gasteiger partial charge in [0.1, 0.15) is 0 Å². The first-order valence-electron chi connectivity index (χ1n) is 5.92. The number of aliphatic carboxylic acids is 2. The molecule has 4 atom stereocenters. The highest BCUT2D eigenvalue weighted by Crippen LogP contribution is 2.50. The molecule has 1 saturated carbocycles. The molecule has 0 saturated heterocycles. The lowest BCUT2D eigenvalue weighted by atomic mass is 9.54. The summed E-state index contributed by atoms with van der Waals surface area (Å²) >= 11 is 0. The maximum Gasteiger partial charge on any atom is 0.307 e. The van der Waals surface area contributed by atoms with Gasteiger partial charge in [0.15, 0.2) is 0 Å². The minimum absolute atomic E-state index is 0.237. The molecule has 8 heteroatoms. The first kappa shape index (κ1) is 15.9. The van der Waals surface area contributed by atoms with E-state index in [1.165, 1.54) is 0 Å². The molecule has 0 bridgehead atoms. The van der Waals surface area contributed by atoms with Gasteiger partial charge in [0.2, 0.25) is 0 Å². The molecule has 0 aromatic carbocycles. The Morgan fingerprint density at radius 2 is 1.10 bits per heavy atom. The highest BCUT2D eigenvalue weighted by atomic mass is 16.5. The maximum absolute atomic E-state index is 11.3. The summed E-state index contributed by atoms with van der Waals surface area (Å²) in [7, 11) is 2.31. The molecule has 1 aliphatic rings. The van der Waals surface area contributed by atoms with Crippen LogP contribution in [0.15, 0.2) is 0 Å². The van der Waals surface area contributed by atoms with Crippen LogP contribution < -0.4 is 0 Å². The molecule has 0 spiro atoms. The molecule has 0 amide bonds. The SMILES string of the molecule is COC(=O)C[C@H]1[C@H](CC(=O)OC)[C@H](C(=O)O)[C@H]1C(=O)O. The van der Waals surface area contributed by atoms with Gasteiger partial charge in [-0.05, 0) is 11.8 Å². The molecule has 112 valence electrons. The Labute approximate surface area is 114 Å². The smallest absolute Gasteiger partial charge is 0.307 e. The Kier molecular flexibility index (Phi) is 5.06. The third kappa shape index (κ3) is 3.06. The molecule has 1 aliphatic carbocycles. The van der Waals surface area contributed by atoms with Gasteiger partial charge in [0, 0.05) is 12.8 Å². The molecule has 1 fully saturated rings. The topological polar surface area (TPSA) is 127 Å². The van der Waals surface area contributed by atoms with Gasteiger partial charge >= 0.3 is 23.9 Å². The van der Waals surface area contributed by atoms with E-state index in [9.17, 15) is 19.2 Å². The van der Waals surface area contributed by atoms with E-state index in [-0.39, 0.29) is 12.8 Å². The second-order valence-corrected chi connectivity index (χ2v) is 4.62. The normalized spacial score (nSPS) is 28.1. The first-order chi connectivity index (χ1) is 9.33. The Morgan fingerprint density at radius 1 is 0.800 bits per heavy atom. The molecule has 0 heterocycles. The number of esters is 2. The molecule has 8 nitrogen and oxygen atoms in total. The van der Waals surface area contributed by atoms with E-state index < -0.39 is 47.5 Å². The van der Waals surface area contributed by atoms with Gasteiger partial charge in [-0.3, -0.25) is 19.2 Å². The third-order valence-electron chi connectivity index (χ3n) is 3.69. The molecule has 0 aromatic heterocycles. The summed E-state index contributed by atoms with van der Waals surface area (Å²) in [5, 5.41) is 18.2. The number of carboxylic acids is 2. The minimum atomic E-state index is -1.30. The quantitative estimate of drug-likeness (QED) is 0.641. The van der Waals surface area contributed by atoms with Gasteiger partial charge < -0.3 is 19.7 Å². The van der Waals surface area contributed by atoms with Crippen LogP contribution in [0.3, 0.4) is 0 Å². The van der Waals surface area contributed by atoms with Crippen molar-refractivity contribution >= 4 is 23.9 Å². The molecule has 2 N–H and O–H groups in total. The van der Waals surface area contributed by atoms with Crippen LogP contribution in [0, 0.1) is 23.7 Å². The summed E-state index contributed by atoms with van der Waals surface area (Å²) in [6, 6.07) is 0. The second-order valence-electron chi connectivity index (χ2n) is 4.62. The average molecular weight is 288 g/mol. The van der Waals surface area contributed by atoms with E-state index in [2.05, 4.69) is 9.47 Å². The van der Waals surface area contributed by atoms with E-state index in [4.69, 9.17) is 10.2 Å². The van der Waals surface area contributed by atoms with Crippen molar-refractivity contribution in [2.75, 3.05) is 14.2 Å². The van der Waals surface area contributed by atoms with Gasteiger partial charge in [-0.2, -0.15) is 0 Å². The van der Waals surface area contributed by atoms with E-state index in [0.29, 0.717) is 0 Å². The molecular formula is C12H16O8. The summed E-state index contributed by atoms with van der Waals surface area (Å²) < 4.78 is 8.93. The Bertz CT molecular complexity index is 389. The summed E-state index contributed by atoms with van der Waals surface area (Å²) in [6.07, 6.45) is -0.474. The van der Waals surface area contributed by atoms with Crippen molar-refractivity contribution in [3.8, 4) is 0 Å². The molecule has 20 heavy (non-hydrogen) atoms. The van der Waals surface area contributed by atoms with Crippen molar-refractivity contribution in [2.24, 2.45) is 23.7 Å². The van der Waals surface area contributed by atoms with Crippen LogP contribution >= 0.6 is 0 Å². The lowest BCUT2D eigenvalue weighted by Crippen LogP contribution is -2.55. The standard InChI is InChI=1S/C12H16O8/c1-19-7(13)3-5-6(4-8(14)20-2)10(12(17)18)9(5)11(15)16/h5-6,9-10H,3-4H2,1-2H3,(H,15,16)(H,17,18)/t5-,6-,9-,10-/m0/s1. The van der Waals surface area contributed by atoms with E-state index in [1.54, 1.807) is 0 Å². The number of carboxylic acid groups (broad SMARTS) is 2. The molecule has 0 aliphatic heterocycles. The van der Waals surface area contributed by atoms with E-state index in [1.807, 2.05) is 0 Å². The first-order valence-corrected chi connectivity index (χ1v) is 5.92. The number of methoxy groups -OCH3 is 2. The number of carbonyl (C=O) groups is 4. The van der Waals surface area contributed by atoms with Gasteiger partial charge in [-0.15, -0.1) is 0 Å². The summed E-state index contributed by atoms with van der Waals surface area (Å²) in [5.74, 6) is -7.79. The van der Waals surface area contributed by atoms with Crippen molar-refractivity contribution in [2.45, 2.75) is 12.8 Å². The average Bonchev–Trinajstić information content (AvgIpc) is 2.37. The Balaban J connectivity index is 2.94. The fraction of sp³-hybridized carbons (Fsp3) is 0.667. The van der Waals surface area contributed by atoms with Gasteiger partial charge in [0.05, 0.1) is 26.1 Å². The van der Waals surface area contributed by atoms with Gasteiger partial charge in [-0.1, -0.05) is 0 Å². The molecule has 0 unspecified atom stereocenters. The van der Waals surface area contributed by atoms with Crippen LogP contribution in [-0.2, 0) is 28.7 Å². The van der Waals surface area contributed by atoms with Crippen LogP contribution in [0.5, 0.6) is 0 Å². The lowest BCUT2D eigenvalue weighted by Gasteiger charge is -2.46. The van der Waals surface area contributed by atoms with Crippen LogP contribution in [0.25, 0.3) is 0 Å². The van der Waals surface area contributed by atoms with E-state index >= 15 is 0 Å². The lowest BCUT2D eigenvalue weighted by molar-refractivity contribution is -0.181. The Morgan fingerprint density at radius 3 is 1.30 bits per heavy atom. The summed E-state index contributed by atoms with van der Waals surface area (Å²) in [4.78, 5) is 44.9. The zero-order valence-electron chi connectivity index (χ0n) is 11.1.